The molecule has 0 saturated heterocycles. The van der Waals surface area contributed by atoms with E-state index in [1.807, 2.05) is 27.7 Å². The van der Waals surface area contributed by atoms with Crippen molar-refractivity contribution in [1.82, 2.24) is 9.97 Å². The highest BCUT2D eigenvalue weighted by atomic mass is 32.1. The van der Waals surface area contributed by atoms with Crippen LogP contribution in [-0.4, -0.2) is 16.6 Å². The molecule has 0 radical (unpaired) electrons. The molecule has 90 valence electrons. The molecular weight excluding hydrogens is 220 g/mol. The van der Waals surface area contributed by atoms with Crippen LogP contribution in [0, 0.1) is 11.6 Å². The van der Waals surface area contributed by atoms with E-state index in [1.165, 1.54) is 0 Å². The first kappa shape index (κ1) is 13.3. The van der Waals surface area contributed by atoms with Crippen LogP contribution in [-0.2, 0) is 16.8 Å². The van der Waals surface area contributed by atoms with E-state index in [-0.39, 0.29) is 0 Å². The quantitative estimate of drug-likeness (QED) is 0.821. The van der Waals surface area contributed by atoms with E-state index in [9.17, 15) is 0 Å². The van der Waals surface area contributed by atoms with Crippen LogP contribution in [0.4, 0.5) is 0 Å². The van der Waals surface area contributed by atoms with Crippen LogP contribution >= 0.6 is 12.2 Å². The molecule has 0 aliphatic rings. The van der Waals surface area contributed by atoms with Gasteiger partial charge in [-0.25, -0.2) is 4.98 Å². The fraction of sp³-hybridized carbons (Fsp3) is 0.667. The minimum absolute atomic E-state index is 0.417. The summed E-state index contributed by atoms with van der Waals surface area (Å²) in [5, 5.41) is 0. The van der Waals surface area contributed by atoms with Gasteiger partial charge in [-0.15, -0.1) is 0 Å². The van der Waals surface area contributed by atoms with Gasteiger partial charge in [-0.1, -0.05) is 19.1 Å². The fourth-order valence-corrected chi connectivity index (χ4v) is 2.13. The van der Waals surface area contributed by atoms with Crippen molar-refractivity contribution in [3.63, 3.8) is 0 Å². The van der Waals surface area contributed by atoms with Crippen molar-refractivity contribution in [2.24, 2.45) is 0 Å². The number of aromatic amines is 1. The third-order valence-electron chi connectivity index (χ3n) is 2.66. The zero-order chi connectivity index (χ0) is 12.3. The minimum atomic E-state index is -0.417. The molecule has 0 aliphatic heterocycles. The lowest BCUT2D eigenvalue weighted by molar-refractivity contribution is -0.0210. The van der Waals surface area contributed by atoms with E-state index >= 15 is 0 Å². The van der Waals surface area contributed by atoms with Gasteiger partial charge in [-0.2, -0.15) is 0 Å². The Morgan fingerprint density at radius 1 is 1.38 bits per heavy atom. The van der Waals surface area contributed by atoms with Crippen molar-refractivity contribution >= 4 is 12.2 Å². The lowest BCUT2D eigenvalue weighted by atomic mass is 10.1. The lowest BCUT2D eigenvalue weighted by Gasteiger charge is -2.24. The molecule has 0 atom stereocenters. The Bertz CT molecular complexity index is 424. The van der Waals surface area contributed by atoms with Crippen LogP contribution in [0.5, 0.6) is 0 Å². The van der Waals surface area contributed by atoms with Gasteiger partial charge in [0.1, 0.15) is 16.1 Å². The lowest BCUT2D eigenvalue weighted by Crippen LogP contribution is -2.25. The Kier molecular flexibility index (Phi) is 4.21. The smallest absolute Gasteiger partial charge is 0.139 e. The zero-order valence-corrected chi connectivity index (χ0v) is 11.5. The molecule has 4 heteroatoms. The number of hydrogen-bond acceptors (Lipinski definition) is 3. The number of hydrogen-bond donors (Lipinski definition) is 1. The van der Waals surface area contributed by atoms with Gasteiger partial charge in [-0.05, 0) is 34.1 Å². The van der Waals surface area contributed by atoms with Crippen LogP contribution in [0.3, 0.4) is 0 Å². The highest BCUT2D eigenvalue weighted by molar-refractivity contribution is 7.71. The SMILES string of the molecule is CCOC(C)(C)c1nc(=S)c(CC)c(C)[nH]1. The van der Waals surface area contributed by atoms with Gasteiger partial charge in [0.05, 0.1) is 0 Å². The summed E-state index contributed by atoms with van der Waals surface area (Å²) in [4.78, 5) is 7.72. The molecular formula is C12H20N2OS. The van der Waals surface area contributed by atoms with Gasteiger partial charge in [0, 0.05) is 17.9 Å². The maximum Gasteiger partial charge on any atom is 0.139 e. The second kappa shape index (κ2) is 5.06. The van der Waals surface area contributed by atoms with E-state index < -0.39 is 5.60 Å². The van der Waals surface area contributed by atoms with Gasteiger partial charge in [0.25, 0.3) is 0 Å². The molecule has 16 heavy (non-hydrogen) atoms. The van der Waals surface area contributed by atoms with Gasteiger partial charge in [0.15, 0.2) is 0 Å². The zero-order valence-electron chi connectivity index (χ0n) is 10.7. The van der Waals surface area contributed by atoms with E-state index in [1.54, 1.807) is 0 Å². The summed E-state index contributed by atoms with van der Waals surface area (Å²) in [6, 6.07) is 0. The maximum atomic E-state index is 5.66. The summed E-state index contributed by atoms with van der Waals surface area (Å²) in [5.41, 5.74) is 1.79. The van der Waals surface area contributed by atoms with Crippen LogP contribution in [0.2, 0.25) is 0 Å². The molecule has 1 aromatic rings. The fourth-order valence-electron chi connectivity index (χ4n) is 1.74. The van der Waals surface area contributed by atoms with Crippen molar-refractivity contribution in [1.29, 1.82) is 0 Å². The molecule has 0 bridgehead atoms. The number of H-pyrrole nitrogens is 1. The van der Waals surface area contributed by atoms with E-state index in [4.69, 9.17) is 17.0 Å². The molecule has 0 amide bonds. The van der Waals surface area contributed by atoms with Crippen LogP contribution in [0.1, 0.15) is 44.8 Å². The Labute approximate surface area is 102 Å². The Morgan fingerprint density at radius 2 is 2.00 bits per heavy atom. The predicted octanol–water partition coefficient (Wildman–Crippen LogP) is 3.28. The maximum absolute atomic E-state index is 5.66. The summed E-state index contributed by atoms with van der Waals surface area (Å²) >= 11 is 5.29. The Hall–Kier alpha value is -0.740. The molecule has 0 unspecified atom stereocenters. The highest BCUT2D eigenvalue weighted by Gasteiger charge is 2.24. The molecule has 1 N–H and O–H groups in total. The first-order valence-corrected chi connectivity index (χ1v) is 6.07. The number of aromatic nitrogens is 2. The summed E-state index contributed by atoms with van der Waals surface area (Å²) < 4.78 is 6.34. The molecule has 0 aliphatic carbocycles. The van der Waals surface area contributed by atoms with E-state index in [0.29, 0.717) is 11.2 Å². The largest absolute Gasteiger partial charge is 0.368 e. The molecule has 0 spiro atoms. The Morgan fingerprint density at radius 3 is 2.44 bits per heavy atom. The number of rotatable bonds is 4. The third-order valence-corrected chi connectivity index (χ3v) is 3.00. The van der Waals surface area contributed by atoms with Crippen molar-refractivity contribution in [3.8, 4) is 0 Å². The first-order valence-electron chi connectivity index (χ1n) is 5.66. The van der Waals surface area contributed by atoms with Crippen molar-refractivity contribution < 1.29 is 4.74 Å². The average molecular weight is 240 g/mol. The Balaban J connectivity index is 3.23. The summed E-state index contributed by atoms with van der Waals surface area (Å²) in [6.45, 7) is 10.7. The molecule has 1 heterocycles. The number of aryl methyl sites for hydroxylation is 1. The van der Waals surface area contributed by atoms with Crippen LogP contribution in [0.25, 0.3) is 0 Å². The number of ether oxygens (including phenoxy) is 1. The highest BCUT2D eigenvalue weighted by Crippen LogP contribution is 2.22. The topological polar surface area (TPSA) is 37.9 Å². The average Bonchev–Trinajstić information content (AvgIpc) is 2.17. The van der Waals surface area contributed by atoms with Gasteiger partial charge in [-0.3, -0.25) is 0 Å². The standard InChI is InChI=1S/C12H20N2OS/c1-6-9-8(3)13-11(14-10(9)16)12(4,5)15-7-2/h6-7H2,1-5H3,(H,13,14,16). The second-order valence-corrected chi connectivity index (χ2v) is 4.68. The number of nitrogens with one attached hydrogen (secondary N) is 1. The molecule has 1 aromatic heterocycles. The van der Waals surface area contributed by atoms with E-state index in [0.717, 1.165) is 23.5 Å². The minimum Gasteiger partial charge on any atom is -0.368 e. The molecule has 3 nitrogen and oxygen atoms in total. The monoisotopic (exact) mass is 240 g/mol. The van der Waals surface area contributed by atoms with Gasteiger partial charge < -0.3 is 9.72 Å². The van der Waals surface area contributed by atoms with Crippen molar-refractivity contribution in [3.05, 3.63) is 21.7 Å². The normalized spacial score (nSPS) is 11.8. The molecule has 1 rings (SSSR count). The first-order chi connectivity index (χ1) is 7.42. The van der Waals surface area contributed by atoms with Crippen LogP contribution in [0.15, 0.2) is 0 Å². The number of nitrogens with zero attached hydrogens (tertiary/aromatic N) is 1. The predicted molar refractivity (Wildman–Crippen MR) is 68.2 cm³/mol. The third kappa shape index (κ3) is 2.68. The second-order valence-electron chi connectivity index (χ2n) is 4.29. The van der Waals surface area contributed by atoms with Gasteiger partial charge in [0.2, 0.25) is 0 Å². The summed E-state index contributed by atoms with van der Waals surface area (Å²) in [7, 11) is 0. The summed E-state index contributed by atoms with van der Waals surface area (Å²) in [6.07, 6.45) is 0.906. The van der Waals surface area contributed by atoms with E-state index in [2.05, 4.69) is 16.9 Å². The molecule has 0 fully saturated rings. The van der Waals surface area contributed by atoms with Crippen LogP contribution < -0.4 is 0 Å². The van der Waals surface area contributed by atoms with Gasteiger partial charge >= 0.3 is 0 Å². The van der Waals surface area contributed by atoms with Crippen molar-refractivity contribution in [2.75, 3.05) is 6.61 Å². The summed E-state index contributed by atoms with van der Waals surface area (Å²) in [5.74, 6) is 0.800. The molecule has 0 aromatic carbocycles. The van der Waals surface area contributed by atoms with Crippen molar-refractivity contribution in [2.45, 2.75) is 46.6 Å². The molecule has 0 saturated carbocycles.